The molecular formula is C17H17N5O2. The summed E-state index contributed by atoms with van der Waals surface area (Å²) < 4.78 is 2.10. The first-order chi connectivity index (χ1) is 11.7. The Bertz CT molecular complexity index is 883. The summed E-state index contributed by atoms with van der Waals surface area (Å²) in [6, 6.07) is 9.95. The number of aromatic carboxylic acids is 1. The molecule has 1 aromatic carbocycles. The van der Waals surface area contributed by atoms with Gasteiger partial charge in [-0.25, -0.2) is 14.8 Å². The first-order valence-electron chi connectivity index (χ1n) is 7.96. The van der Waals surface area contributed by atoms with Crippen LogP contribution in [-0.4, -0.2) is 43.9 Å². The Hall–Kier alpha value is -2.96. The van der Waals surface area contributed by atoms with Crippen molar-refractivity contribution in [3.8, 4) is 0 Å². The fourth-order valence-corrected chi connectivity index (χ4v) is 3.21. The van der Waals surface area contributed by atoms with E-state index in [4.69, 9.17) is 5.11 Å². The number of anilines is 1. The third-order valence-corrected chi connectivity index (χ3v) is 4.46. The zero-order valence-corrected chi connectivity index (χ0v) is 13.0. The number of piperidine rings is 1. The maximum atomic E-state index is 11.0. The molecule has 1 N–H and O–H groups in total. The van der Waals surface area contributed by atoms with E-state index >= 15 is 0 Å². The molecule has 0 aliphatic carbocycles. The van der Waals surface area contributed by atoms with Crippen LogP contribution in [0.4, 0.5) is 5.95 Å². The van der Waals surface area contributed by atoms with Crippen molar-refractivity contribution < 1.29 is 9.90 Å². The SMILES string of the molecule is O=C(O)c1ccnc(N2CCC(n3ncc4ccccc43)CC2)n1. The maximum absolute atomic E-state index is 11.0. The van der Waals surface area contributed by atoms with Crippen LogP contribution in [0.25, 0.3) is 10.9 Å². The van der Waals surface area contributed by atoms with Gasteiger partial charge in [0.05, 0.1) is 17.8 Å². The van der Waals surface area contributed by atoms with Crippen molar-refractivity contribution >= 4 is 22.8 Å². The monoisotopic (exact) mass is 323 g/mol. The van der Waals surface area contributed by atoms with Crippen LogP contribution in [0.15, 0.2) is 42.7 Å². The van der Waals surface area contributed by atoms with Gasteiger partial charge in [-0.2, -0.15) is 5.10 Å². The number of carboxylic acid groups (broad SMARTS) is 1. The number of carbonyl (C=O) groups is 1. The minimum atomic E-state index is -1.03. The molecule has 0 atom stereocenters. The van der Waals surface area contributed by atoms with E-state index in [-0.39, 0.29) is 5.69 Å². The second-order valence-electron chi connectivity index (χ2n) is 5.91. The highest BCUT2D eigenvalue weighted by Crippen LogP contribution is 2.27. The van der Waals surface area contributed by atoms with Crippen molar-refractivity contribution in [1.82, 2.24) is 19.7 Å². The van der Waals surface area contributed by atoms with Gasteiger partial charge in [-0.1, -0.05) is 18.2 Å². The van der Waals surface area contributed by atoms with Crippen LogP contribution in [0.2, 0.25) is 0 Å². The number of nitrogens with zero attached hydrogens (tertiary/aromatic N) is 5. The summed E-state index contributed by atoms with van der Waals surface area (Å²) in [6.45, 7) is 1.56. The van der Waals surface area contributed by atoms with Crippen molar-refractivity contribution in [1.29, 1.82) is 0 Å². The fraction of sp³-hybridized carbons (Fsp3) is 0.294. The summed E-state index contributed by atoms with van der Waals surface area (Å²) in [5.74, 6) is -0.546. The molecule has 2 aromatic heterocycles. The highest BCUT2D eigenvalue weighted by atomic mass is 16.4. The Morgan fingerprint density at radius 1 is 1.17 bits per heavy atom. The summed E-state index contributed by atoms with van der Waals surface area (Å²) in [4.78, 5) is 21.4. The number of hydrogen-bond donors (Lipinski definition) is 1. The standard InChI is InChI=1S/C17H17N5O2/c23-16(24)14-5-8-18-17(20-14)21-9-6-13(7-10-21)22-15-4-2-1-3-12(15)11-19-22/h1-5,8,11,13H,6-7,9-10H2,(H,23,24). The molecule has 7 heteroatoms. The van der Waals surface area contributed by atoms with Crippen LogP contribution in [0, 0.1) is 0 Å². The maximum Gasteiger partial charge on any atom is 0.354 e. The van der Waals surface area contributed by atoms with Gasteiger partial charge in [0, 0.05) is 24.7 Å². The topological polar surface area (TPSA) is 84.1 Å². The highest BCUT2D eigenvalue weighted by molar-refractivity contribution is 5.85. The Morgan fingerprint density at radius 3 is 2.75 bits per heavy atom. The zero-order valence-electron chi connectivity index (χ0n) is 13.0. The van der Waals surface area contributed by atoms with Gasteiger partial charge >= 0.3 is 5.97 Å². The predicted octanol–water partition coefficient (Wildman–Crippen LogP) is 2.37. The van der Waals surface area contributed by atoms with Gasteiger partial charge < -0.3 is 10.0 Å². The molecule has 0 unspecified atom stereocenters. The number of benzene rings is 1. The second kappa shape index (κ2) is 5.92. The fourth-order valence-electron chi connectivity index (χ4n) is 3.21. The van der Waals surface area contributed by atoms with E-state index in [2.05, 4.69) is 31.9 Å². The molecule has 1 aliphatic heterocycles. The third kappa shape index (κ3) is 2.58. The average Bonchev–Trinajstić information content (AvgIpc) is 3.06. The Kier molecular flexibility index (Phi) is 3.60. The van der Waals surface area contributed by atoms with E-state index in [9.17, 15) is 4.79 Å². The summed E-state index contributed by atoms with van der Waals surface area (Å²) in [7, 11) is 0. The lowest BCUT2D eigenvalue weighted by atomic mass is 10.1. The summed E-state index contributed by atoms with van der Waals surface area (Å²) in [5, 5.41) is 14.7. The summed E-state index contributed by atoms with van der Waals surface area (Å²) in [5.41, 5.74) is 1.18. The molecule has 0 radical (unpaired) electrons. The van der Waals surface area contributed by atoms with E-state index in [1.165, 1.54) is 12.3 Å². The van der Waals surface area contributed by atoms with Crippen molar-refractivity contribution in [3.63, 3.8) is 0 Å². The number of aromatic nitrogens is 4. The first-order valence-corrected chi connectivity index (χ1v) is 7.96. The van der Waals surface area contributed by atoms with Crippen LogP contribution in [-0.2, 0) is 0 Å². The Morgan fingerprint density at radius 2 is 1.96 bits per heavy atom. The molecule has 0 saturated carbocycles. The number of hydrogen-bond acceptors (Lipinski definition) is 5. The first kappa shape index (κ1) is 14.6. The molecular weight excluding hydrogens is 306 g/mol. The highest BCUT2D eigenvalue weighted by Gasteiger charge is 2.24. The van der Waals surface area contributed by atoms with Gasteiger partial charge in [0.2, 0.25) is 5.95 Å². The van der Waals surface area contributed by atoms with Gasteiger partial charge in [-0.05, 0) is 25.0 Å². The van der Waals surface area contributed by atoms with Crippen molar-refractivity contribution in [2.45, 2.75) is 18.9 Å². The number of carboxylic acids is 1. The van der Waals surface area contributed by atoms with Gasteiger partial charge in [-0.15, -0.1) is 0 Å². The molecule has 3 aromatic rings. The summed E-state index contributed by atoms with van der Waals surface area (Å²) in [6.07, 6.45) is 5.25. The average molecular weight is 323 g/mol. The van der Waals surface area contributed by atoms with Crippen LogP contribution in [0.3, 0.4) is 0 Å². The normalized spacial score (nSPS) is 15.8. The minimum absolute atomic E-state index is 0.0280. The molecule has 4 rings (SSSR count). The van der Waals surface area contributed by atoms with E-state index in [1.54, 1.807) is 0 Å². The Balaban J connectivity index is 1.51. The largest absolute Gasteiger partial charge is 0.477 e. The van der Waals surface area contributed by atoms with Crippen LogP contribution < -0.4 is 4.90 Å². The lowest BCUT2D eigenvalue weighted by Gasteiger charge is -2.32. The summed E-state index contributed by atoms with van der Waals surface area (Å²) >= 11 is 0. The van der Waals surface area contributed by atoms with E-state index in [0.717, 1.165) is 36.8 Å². The quantitative estimate of drug-likeness (QED) is 0.796. The van der Waals surface area contributed by atoms with Crippen LogP contribution in [0.1, 0.15) is 29.4 Å². The molecule has 0 amide bonds. The molecule has 122 valence electrons. The number of para-hydroxylation sites is 1. The molecule has 3 heterocycles. The predicted molar refractivity (Wildman–Crippen MR) is 89.2 cm³/mol. The van der Waals surface area contributed by atoms with Crippen LogP contribution in [0.5, 0.6) is 0 Å². The molecule has 7 nitrogen and oxygen atoms in total. The van der Waals surface area contributed by atoms with Gasteiger partial charge in [0.25, 0.3) is 0 Å². The van der Waals surface area contributed by atoms with E-state index < -0.39 is 5.97 Å². The molecule has 0 spiro atoms. The van der Waals surface area contributed by atoms with Crippen molar-refractivity contribution in [3.05, 3.63) is 48.4 Å². The lowest BCUT2D eigenvalue weighted by molar-refractivity contribution is 0.0690. The van der Waals surface area contributed by atoms with Gasteiger partial charge in [0.15, 0.2) is 5.69 Å². The number of rotatable bonds is 3. The smallest absolute Gasteiger partial charge is 0.354 e. The second-order valence-corrected chi connectivity index (χ2v) is 5.91. The molecule has 1 saturated heterocycles. The van der Waals surface area contributed by atoms with E-state index in [0.29, 0.717) is 12.0 Å². The third-order valence-electron chi connectivity index (χ3n) is 4.46. The Labute approximate surface area is 138 Å². The molecule has 1 aliphatic rings. The molecule has 24 heavy (non-hydrogen) atoms. The zero-order chi connectivity index (χ0) is 16.5. The van der Waals surface area contributed by atoms with Gasteiger partial charge in [-0.3, -0.25) is 4.68 Å². The minimum Gasteiger partial charge on any atom is -0.477 e. The molecule has 1 fully saturated rings. The lowest BCUT2D eigenvalue weighted by Crippen LogP contribution is -2.36. The van der Waals surface area contributed by atoms with Gasteiger partial charge in [0.1, 0.15) is 0 Å². The number of fused-ring (bicyclic) bond motifs is 1. The van der Waals surface area contributed by atoms with Crippen molar-refractivity contribution in [2.75, 3.05) is 18.0 Å². The van der Waals surface area contributed by atoms with Crippen molar-refractivity contribution in [2.24, 2.45) is 0 Å². The molecule has 0 bridgehead atoms. The van der Waals surface area contributed by atoms with E-state index in [1.807, 2.05) is 23.2 Å². The van der Waals surface area contributed by atoms with Crippen LogP contribution >= 0.6 is 0 Å².